The first-order chi connectivity index (χ1) is 18.9. The van der Waals surface area contributed by atoms with Crippen LogP contribution in [0.1, 0.15) is 78.7 Å². The van der Waals surface area contributed by atoms with E-state index in [1.54, 1.807) is 0 Å². The number of fused-ring (bicyclic) bond motifs is 6. The SMILES string of the molecule is c1ccc(C2(c3ccc(C4CCCC5C6CCCCC6OC45)cc3)c3ccccc3-c3ccccc32)cc1. The van der Waals surface area contributed by atoms with Gasteiger partial charge in [0.05, 0.1) is 17.6 Å². The summed E-state index contributed by atoms with van der Waals surface area (Å²) in [6, 6.07) is 38.9. The minimum Gasteiger partial charge on any atom is -0.374 e. The highest BCUT2D eigenvalue weighted by molar-refractivity contribution is 5.86. The van der Waals surface area contributed by atoms with Gasteiger partial charge in [0.1, 0.15) is 0 Å². The summed E-state index contributed by atoms with van der Waals surface area (Å²) in [5.74, 6) is 2.11. The van der Waals surface area contributed by atoms with Crippen LogP contribution in [0, 0.1) is 11.8 Å². The molecule has 0 amide bonds. The fourth-order valence-electron chi connectivity index (χ4n) is 8.89. The molecule has 1 aliphatic heterocycles. The first-order valence-corrected chi connectivity index (χ1v) is 14.9. The van der Waals surface area contributed by atoms with Crippen LogP contribution in [-0.2, 0) is 10.2 Å². The summed E-state index contributed by atoms with van der Waals surface area (Å²) in [4.78, 5) is 0. The molecule has 3 fully saturated rings. The minimum absolute atomic E-state index is 0.305. The van der Waals surface area contributed by atoms with E-state index in [-0.39, 0.29) is 5.41 Å². The van der Waals surface area contributed by atoms with E-state index in [1.165, 1.54) is 83.9 Å². The van der Waals surface area contributed by atoms with Crippen LogP contribution in [0.2, 0.25) is 0 Å². The van der Waals surface area contributed by atoms with E-state index >= 15 is 0 Å². The van der Waals surface area contributed by atoms with Gasteiger partial charge in [-0.3, -0.25) is 0 Å². The van der Waals surface area contributed by atoms with Crippen LogP contribution in [-0.4, -0.2) is 12.2 Å². The van der Waals surface area contributed by atoms with Crippen molar-refractivity contribution < 1.29 is 4.74 Å². The van der Waals surface area contributed by atoms with Gasteiger partial charge in [0.25, 0.3) is 0 Å². The largest absolute Gasteiger partial charge is 0.374 e. The Morgan fingerprint density at radius 2 is 1.13 bits per heavy atom. The molecule has 0 bridgehead atoms. The van der Waals surface area contributed by atoms with Gasteiger partial charge in [0.2, 0.25) is 0 Å². The first kappa shape index (κ1) is 22.8. The standard InChI is InChI=1S/C37H36O/c1-2-11-26(12-3-1)37(33-18-7-4-13-29(33)30-14-5-8-19-34(30)37)27-23-21-25(22-24-27)28-16-10-17-32-31-15-6-9-20-35(31)38-36(28)32/h1-5,7-8,11-14,18-19,21-24,28,31-32,35-36H,6,9-10,15-17,20H2. The van der Waals surface area contributed by atoms with E-state index in [0.29, 0.717) is 18.1 Å². The molecule has 4 aliphatic rings. The van der Waals surface area contributed by atoms with E-state index < -0.39 is 0 Å². The molecule has 1 heteroatoms. The Morgan fingerprint density at radius 3 is 1.87 bits per heavy atom. The molecule has 0 spiro atoms. The van der Waals surface area contributed by atoms with Gasteiger partial charge in [-0.05, 0) is 76.5 Å². The van der Waals surface area contributed by atoms with Crippen molar-refractivity contribution in [3.8, 4) is 11.1 Å². The predicted octanol–water partition coefficient (Wildman–Crippen LogP) is 8.89. The number of ether oxygens (including phenoxy) is 1. The summed E-state index contributed by atoms with van der Waals surface area (Å²) in [5.41, 5.74) is 9.36. The molecule has 0 N–H and O–H groups in total. The molecule has 8 rings (SSSR count). The monoisotopic (exact) mass is 496 g/mol. The molecule has 1 saturated heterocycles. The third kappa shape index (κ3) is 3.21. The van der Waals surface area contributed by atoms with E-state index in [9.17, 15) is 0 Å². The normalized spacial score (nSPS) is 28.7. The lowest BCUT2D eigenvalue weighted by atomic mass is 9.66. The lowest BCUT2D eigenvalue weighted by molar-refractivity contribution is -0.00547. The molecule has 4 aromatic rings. The molecule has 3 aliphatic carbocycles. The Balaban J connectivity index is 1.24. The zero-order chi connectivity index (χ0) is 25.1. The fraction of sp³-hybridized carbons (Fsp3) is 0.351. The summed E-state index contributed by atoms with van der Waals surface area (Å²) in [5, 5.41) is 0. The number of hydrogen-bond donors (Lipinski definition) is 0. The second-order valence-electron chi connectivity index (χ2n) is 12.1. The molecule has 4 aromatic carbocycles. The Bertz CT molecular complexity index is 1410. The predicted molar refractivity (Wildman–Crippen MR) is 154 cm³/mol. The number of hydrogen-bond acceptors (Lipinski definition) is 1. The molecule has 5 unspecified atom stereocenters. The molecule has 190 valence electrons. The lowest BCUT2D eigenvalue weighted by Crippen LogP contribution is -2.32. The van der Waals surface area contributed by atoms with Crippen molar-refractivity contribution in [1.29, 1.82) is 0 Å². The maximum absolute atomic E-state index is 6.85. The Kier molecular flexibility index (Phi) is 5.37. The van der Waals surface area contributed by atoms with Crippen molar-refractivity contribution in [1.82, 2.24) is 0 Å². The topological polar surface area (TPSA) is 9.23 Å². The van der Waals surface area contributed by atoms with Crippen LogP contribution in [0.5, 0.6) is 0 Å². The van der Waals surface area contributed by atoms with Gasteiger partial charge in [-0.1, -0.05) is 122 Å². The fourth-order valence-corrected chi connectivity index (χ4v) is 8.89. The molecule has 38 heavy (non-hydrogen) atoms. The Hall–Kier alpha value is -3.16. The summed E-state index contributed by atoms with van der Waals surface area (Å²) < 4.78 is 6.85. The maximum atomic E-state index is 6.85. The summed E-state index contributed by atoms with van der Waals surface area (Å²) in [7, 11) is 0. The second kappa shape index (κ2) is 8.95. The van der Waals surface area contributed by atoms with Crippen LogP contribution in [0.25, 0.3) is 11.1 Å². The third-order valence-electron chi connectivity index (χ3n) is 10.4. The molecular formula is C37H36O. The molecule has 2 saturated carbocycles. The number of benzene rings is 4. The molecule has 1 heterocycles. The zero-order valence-corrected chi connectivity index (χ0v) is 22.1. The van der Waals surface area contributed by atoms with E-state index in [2.05, 4.69) is 103 Å². The van der Waals surface area contributed by atoms with Crippen LogP contribution in [0.4, 0.5) is 0 Å². The van der Waals surface area contributed by atoms with E-state index in [0.717, 1.165) is 11.8 Å². The molecule has 0 aromatic heterocycles. The summed E-state index contributed by atoms with van der Waals surface area (Å²) in [6.07, 6.45) is 10.3. The van der Waals surface area contributed by atoms with Gasteiger partial charge in [-0.2, -0.15) is 0 Å². The van der Waals surface area contributed by atoms with Gasteiger partial charge in [0, 0.05) is 5.92 Å². The van der Waals surface area contributed by atoms with Crippen molar-refractivity contribution in [2.45, 2.75) is 68.5 Å². The average molecular weight is 497 g/mol. The molecule has 5 atom stereocenters. The molecular weight excluding hydrogens is 460 g/mol. The lowest BCUT2D eigenvalue weighted by Gasteiger charge is -2.36. The molecule has 0 radical (unpaired) electrons. The Labute approximate surface area is 226 Å². The zero-order valence-electron chi connectivity index (χ0n) is 22.1. The maximum Gasteiger partial charge on any atom is 0.0713 e. The van der Waals surface area contributed by atoms with E-state index in [1.807, 2.05) is 0 Å². The second-order valence-corrected chi connectivity index (χ2v) is 12.1. The quantitative estimate of drug-likeness (QED) is 0.242. The summed E-state index contributed by atoms with van der Waals surface area (Å²) >= 11 is 0. The summed E-state index contributed by atoms with van der Waals surface area (Å²) in [6.45, 7) is 0. The minimum atomic E-state index is -0.305. The van der Waals surface area contributed by atoms with Crippen molar-refractivity contribution in [2.24, 2.45) is 11.8 Å². The van der Waals surface area contributed by atoms with Gasteiger partial charge in [-0.25, -0.2) is 0 Å². The van der Waals surface area contributed by atoms with Crippen molar-refractivity contribution in [3.63, 3.8) is 0 Å². The third-order valence-corrected chi connectivity index (χ3v) is 10.4. The Morgan fingerprint density at radius 1 is 0.526 bits per heavy atom. The van der Waals surface area contributed by atoms with Crippen molar-refractivity contribution >= 4 is 0 Å². The van der Waals surface area contributed by atoms with Crippen molar-refractivity contribution in [2.75, 3.05) is 0 Å². The van der Waals surface area contributed by atoms with Crippen LogP contribution >= 0.6 is 0 Å². The van der Waals surface area contributed by atoms with Crippen molar-refractivity contribution in [3.05, 3.63) is 131 Å². The highest BCUT2D eigenvalue weighted by Crippen LogP contribution is 2.56. The van der Waals surface area contributed by atoms with Gasteiger partial charge in [0.15, 0.2) is 0 Å². The van der Waals surface area contributed by atoms with Gasteiger partial charge >= 0.3 is 0 Å². The van der Waals surface area contributed by atoms with E-state index in [4.69, 9.17) is 4.74 Å². The van der Waals surface area contributed by atoms with Gasteiger partial charge < -0.3 is 4.74 Å². The number of rotatable bonds is 3. The highest BCUT2D eigenvalue weighted by Gasteiger charge is 2.50. The highest BCUT2D eigenvalue weighted by atomic mass is 16.5. The first-order valence-electron chi connectivity index (χ1n) is 14.9. The smallest absolute Gasteiger partial charge is 0.0713 e. The average Bonchev–Trinajstić information content (AvgIpc) is 3.52. The van der Waals surface area contributed by atoms with Gasteiger partial charge in [-0.15, -0.1) is 0 Å². The van der Waals surface area contributed by atoms with Crippen LogP contribution < -0.4 is 0 Å². The van der Waals surface area contributed by atoms with Crippen LogP contribution in [0.15, 0.2) is 103 Å². The van der Waals surface area contributed by atoms with Crippen LogP contribution in [0.3, 0.4) is 0 Å². The molecule has 1 nitrogen and oxygen atoms in total.